The third-order valence-electron chi connectivity index (χ3n) is 2.48. The number of esters is 1. The highest BCUT2D eigenvalue weighted by Crippen LogP contribution is 2.28. The minimum atomic E-state index is -0.577. The van der Waals surface area contributed by atoms with Gasteiger partial charge in [-0.2, -0.15) is 0 Å². The van der Waals surface area contributed by atoms with E-state index in [1.165, 1.54) is 0 Å². The van der Waals surface area contributed by atoms with E-state index in [0.717, 1.165) is 0 Å². The molecule has 1 rings (SSSR count). The second-order valence-corrected chi connectivity index (χ2v) is 3.69. The monoisotopic (exact) mass is 242 g/mol. The van der Waals surface area contributed by atoms with Gasteiger partial charge in [-0.3, -0.25) is 0 Å². The Morgan fingerprint density at radius 3 is 2.47 bits per heavy atom. The number of aliphatic hydroxyl groups excluding tert-OH is 2. The first kappa shape index (κ1) is 13.6. The lowest BCUT2D eigenvalue weighted by Gasteiger charge is -2.18. The van der Waals surface area contributed by atoms with Crippen LogP contribution in [0.2, 0.25) is 0 Å². The van der Waals surface area contributed by atoms with Crippen LogP contribution in [0.15, 0.2) is 22.7 Å². The van der Waals surface area contributed by atoms with E-state index in [0.29, 0.717) is 12.2 Å². The molecule has 0 fully saturated rings. The maximum absolute atomic E-state index is 11.5. The highest BCUT2D eigenvalue weighted by Gasteiger charge is 2.25. The molecule has 1 aliphatic carbocycles. The SMILES string of the molecule is CCOCC1=C(O)CC(C(=O)OCC)=C(O)C1. The summed E-state index contributed by atoms with van der Waals surface area (Å²) in [5.74, 6) is -0.540. The molecule has 2 N–H and O–H groups in total. The highest BCUT2D eigenvalue weighted by atomic mass is 16.5. The zero-order chi connectivity index (χ0) is 12.8. The number of ether oxygens (including phenoxy) is 2. The van der Waals surface area contributed by atoms with Crippen molar-refractivity contribution in [1.29, 1.82) is 0 Å². The molecule has 1 aliphatic rings. The summed E-state index contributed by atoms with van der Waals surface area (Å²) >= 11 is 0. The predicted octanol–water partition coefficient (Wildman–Crippen LogP) is 2.00. The number of aliphatic hydroxyl groups is 2. The molecule has 5 heteroatoms. The van der Waals surface area contributed by atoms with E-state index < -0.39 is 5.97 Å². The van der Waals surface area contributed by atoms with Crippen molar-refractivity contribution in [3.05, 3.63) is 22.7 Å². The van der Waals surface area contributed by atoms with E-state index >= 15 is 0 Å². The minimum absolute atomic E-state index is 0.00702. The molecule has 0 saturated heterocycles. The molecule has 0 atom stereocenters. The lowest BCUT2D eigenvalue weighted by molar-refractivity contribution is -0.139. The maximum Gasteiger partial charge on any atom is 0.337 e. The third-order valence-corrected chi connectivity index (χ3v) is 2.48. The fourth-order valence-electron chi connectivity index (χ4n) is 1.57. The molecule has 0 aliphatic heterocycles. The molecule has 0 amide bonds. The Kier molecular flexibility index (Phi) is 5.03. The van der Waals surface area contributed by atoms with Gasteiger partial charge in [0, 0.05) is 25.0 Å². The number of hydrogen-bond acceptors (Lipinski definition) is 5. The standard InChI is InChI=1S/C12H18O5/c1-3-16-7-8-5-11(14)9(6-10(8)13)12(15)17-4-2/h13-14H,3-7H2,1-2H3. The van der Waals surface area contributed by atoms with E-state index in [-0.39, 0.29) is 43.1 Å². The zero-order valence-corrected chi connectivity index (χ0v) is 10.2. The molecule has 0 spiro atoms. The van der Waals surface area contributed by atoms with E-state index in [4.69, 9.17) is 9.47 Å². The smallest absolute Gasteiger partial charge is 0.337 e. The van der Waals surface area contributed by atoms with Crippen LogP contribution in [0, 0.1) is 0 Å². The van der Waals surface area contributed by atoms with Crippen molar-refractivity contribution >= 4 is 5.97 Å². The Morgan fingerprint density at radius 1 is 1.18 bits per heavy atom. The first-order valence-electron chi connectivity index (χ1n) is 5.65. The fourth-order valence-corrected chi connectivity index (χ4v) is 1.57. The van der Waals surface area contributed by atoms with Crippen LogP contribution in [0.4, 0.5) is 0 Å². The summed E-state index contributed by atoms with van der Waals surface area (Å²) in [5.41, 5.74) is 0.738. The van der Waals surface area contributed by atoms with Gasteiger partial charge in [0.25, 0.3) is 0 Å². The van der Waals surface area contributed by atoms with Gasteiger partial charge in [0.05, 0.1) is 24.5 Å². The molecular weight excluding hydrogens is 224 g/mol. The van der Waals surface area contributed by atoms with Crippen LogP contribution in [-0.2, 0) is 14.3 Å². The number of rotatable bonds is 5. The van der Waals surface area contributed by atoms with Gasteiger partial charge in [-0.25, -0.2) is 4.79 Å². The van der Waals surface area contributed by atoms with E-state index in [9.17, 15) is 15.0 Å². The molecule has 0 heterocycles. The van der Waals surface area contributed by atoms with Crippen LogP contribution < -0.4 is 0 Å². The number of carbonyl (C=O) groups excluding carboxylic acids is 1. The third kappa shape index (κ3) is 3.49. The highest BCUT2D eigenvalue weighted by molar-refractivity contribution is 5.89. The summed E-state index contributed by atoms with van der Waals surface area (Å²) in [6.45, 7) is 4.58. The molecular formula is C12H18O5. The summed E-state index contributed by atoms with van der Waals surface area (Å²) in [6.07, 6.45) is 0.146. The second kappa shape index (κ2) is 6.30. The molecule has 0 radical (unpaired) electrons. The summed E-state index contributed by atoms with van der Waals surface area (Å²) in [4.78, 5) is 11.5. The molecule has 0 aromatic carbocycles. The van der Waals surface area contributed by atoms with Crippen molar-refractivity contribution in [2.75, 3.05) is 19.8 Å². The molecule has 0 aromatic heterocycles. The van der Waals surface area contributed by atoms with Crippen molar-refractivity contribution in [3.63, 3.8) is 0 Å². The van der Waals surface area contributed by atoms with Gasteiger partial charge in [0.15, 0.2) is 0 Å². The number of hydrogen-bond donors (Lipinski definition) is 2. The Morgan fingerprint density at radius 2 is 1.88 bits per heavy atom. The van der Waals surface area contributed by atoms with Gasteiger partial charge in [-0.05, 0) is 13.8 Å². The van der Waals surface area contributed by atoms with Gasteiger partial charge < -0.3 is 19.7 Å². The molecule has 0 saturated carbocycles. The van der Waals surface area contributed by atoms with Crippen molar-refractivity contribution in [3.8, 4) is 0 Å². The molecule has 0 unspecified atom stereocenters. The van der Waals surface area contributed by atoms with Crippen molar-refractivity contribution in [2.24, 2.45) is 0 Å². The Hall–Kier alpha value is -1.49. The molecule has 0 aromatic rings. The summed E-state index contributed by atoms with van der Waals surface area (Å²) < 4.78 is 9.96. The van der Waals surface area contributed by atoms with E-state index in [1.807, 2.05) is 6.92 Å². The number of allylic oxidation sites excluding steroid dienone is 2. The fraction of sp³-hybridized carbons (Fsp3) is 0.583. The summed E-state index contributed by atoms with van der Waals surface area (Å²) in [7, 11) is 0. The predicted molar refractivity (Wildman–Crippen MR) is 61.7 cm³/mol. The topological polar surface area (TPSA) is 76.0 Å². The van der Waals surface area contributed by atoms with Gasteiger partial charge in [-0.15, -0.1) is 0 Å². The Labute approximate surface area is 100 Å². The quantitative estimate of drug-likeness (QED) is 0.721. The Balaban J connectivity index is 2.72. The first-order valence-corrected chi connectivity index (χ1v) is 5.65. The average molecular weight is 242 g/mol. The molecule has 96 valence electrons. The van der Waals surface area contributed by atoms with Gasteiger partial charge in [0.1, 0.15) is 5.76 Å². The summed E-state index contributed by atoms with van der Waals surface area (Å²) in [6, 6.07) is 0. The van der Waals surface area contributed by atoms with Crippen LogP contribution in [0.1, 0.15) is 26.7 Å². The van der Waals surface area contributed by atoms with Crippen LogP contribution in [0.3, 0.4) is 0 Å². The maximum atomic E-state index is 11.5. The van der Waals surface area contributed by atoms with Crippen molar-refractivity contribution in [1.82, 2.24) is 0 Å². The van der Waals surface area contributed by atoms with Gasteiger partial charge in [-0.1, -0.05) is 0 Å². The normalized spacial score (nSPS) is 16.4. The van der Waals surface area contributed by atoms with Crippen LogP contribution >= 0.6 is 0 Å². The molecule has 0 bridgehead atoms. The number of carbonyl (C=O) groups is 1. The van der Waals surface area contributed by atoms with Crippen LogP contribution in [0.25, 0.3) is 0 Å². The van der Waals surface area contributed by atoms with Crippen LogP contribution in [0.5, 0.6) is 0 Å². The lowest BCUT2D eigenvalue weighted by Crippen LogP contribution is -2.17. The minimum Gasteiger partial charge on any atom is -0.512 e. The summed E-state index contributed by atoms with van der Waals surface area (Å²) in [5, 5.41) is 19.5. The largest absolute Gasteiger partial charge is 0.512 e. The molecule has 17 heavy (non-hydrogen) atoms. The molecule has 5 nitrogen and oxygen atoms in total. The second-order valence-electron chi connectivity index (χ2n) is 3.69. The van der Waals surface area contributed by atoms with E-state index in [2.05, 4.69) is 0 Å². The lowest BCUT2D eigenvalue weighted by atomic mass is 9.96. The average Bonchev–Trinajstić information content (AvgIpc) is 2.30. The van der Waals surface area contributed by atoms with Crippen molar-refractivity contribution < 1.29 is 24.5 Å². The van der Waals surface area contributed by atoms with Gasteiger partial charge >= 0.3 is 5.97 Å². The Bertz CT molecular complexity index is 354. The van der Waals surface area contributed by atoms with E-state index in [1.54, 1.807) is 6.92 Å². The van der Waals surface area contributed by atoms with Crippen molar-refractivity contribution in [2.45, 2.75) is 26.7 Å². The van der Waals surface area contributed by atoms with Gasteiger partial charge in [0.2, 0.25) is 0 Å². The van der Waals surface area contributed by atoms with Crippen LogP contribution in [-0.4, -0.2) is 36.0 Å². The first-order chi connectivity index (χ1) is 8.10. The zero-order valence-electron chi connectivity index (χ0n) is 10.2.